The van der Waals surface area contributed by atoms with Gasteiger partial charge >= 0.3 is 0 Å². The van der Waals surface area contributed by atoms with Gasteiger partial charge < -0.3 is 15.0 Å². The molecule has 0 aliphatic carbocycles. The number of aromatic amines is 1. The smallest absolute Gasteiger partial charge is 0.247 e. The zero-order chi connectivity index (χ0) is 25.3. The molecule has 1 aromatic heterocycles. The molecule has 0 spiro atoms. The van der Waals surface area contributed by atoms with Gasteiger partial charge in [0.25, 0.3) is 0 Å². The van der Waals surface area contributed by atoms with Crippen molar-refractivity contribution in [1.29, 1.82) is 5.26 Å². The first-order valence-electron chi connectivity index (χ1n) is 11.3. The molecule has 1 aliphatic rings. The van der Waals surface area contributed by atoms with Gasteiger partial charge in [-0.15, -0.1) is 0 Å². The largest absolute Gasteiger partial charge is 0.456 e. The van der Waals surface area contributed by atoms with Crippen LogP contribution < -0.4 is 10.1 Å². The summed E-state index contributed by atoms with van der Waals surface area (Å²) >= 11 is 12.2. The summed E-state index contributed by atoms with van der Waals surface area (Å²) in [6.45, 7) is 1.30. The summed E-state index contributed by atoms with van der Waals surface area (Å²) in [5, 5.41) is 14.6. The number of halogens is 2. The van der Waals surface area contributed by atoms with Crippen LogP contribution in [0.2, 0.25) is 10.0 Å². The quantitative estimate of drug-likeness (QED) is 0.343. The molecule has 2 N–H and O–H groups in total. The Morgan fingerprint density at radius 3 is 2.64 bits per heavy atom. The van der Waals surface area contributed by atoms with Crippen molar-refractivity contribution in [3.63, 3.8) is 0 Å². The highest BCUT2D eigenvalue weighted by atomic mass is 35.5. The normalized spacial score (nSPS) is 16.6. The molecule has 3 aromatic carbocycles. The van der Waals surface area contributed by atoms with Gasteiger partial charge in [0.2, 0.25) is 10.0 Å². The number of nitrogens with one attached hydrogen (secondary N) is 2. The lowest BCUT2D eigenvalue weighted by Crippen LogP contribution is -2.54. The first-order chi connectivity index (χ1) is 17.3. The van der Waals surface area contributed by atoms with E-state index in [2.05, 4.69) is 10.3 Å². The van der Waals surface area contributed by atoms with Crippen molar-refractivity contribution in [2.24, 2.45) is 0 Å². The predicted octanol–water partition coefficient (Wildman–Crippen LogP) is 5.34. The molecule has 0 saturated carbocycles. The van der Waals surface area contributed by atoms with Gasteiger partial charge in [-0.25, -0.2) is 8.42 Å². The van der Waals surface area contributed by atoms with Crippen LogP contribution in [0.1, 0.15) is 11.1 Å². The van der Waals surface area contributed by atoms with Crippen molar-refractivity contribution < 1.29 is 13.2 Å². The molecule has 5 rings (SSSR count). The molecular weight excluding hydrogens is 519 g/mol. The molecule has 7 nitrogen and oxygen atoms in total. The molecule has 4 aromatic rings. The number of H-pyrrole nitrogens is 1. The average molecular weight is 541 g/mol. The van der Waals surface area contributed by atoms with Crippen LogP contribution in [-0.4, -0.2) is 43.4 Å². The maximum Gasteiger partial charge on any atom is 0.247 e. The summed E-state index contributed by atoms with van der Waals surface area (Å²) in [7, 11) is -4.03. The number of piperazine rings is 1. The average Bonchev–Trinajstić information content (AvgIpc) is 3.26. The molecular formula is C26H22Cl2N4O3S. The van der Waals surface area contributed by atoms with Gasteiger partial charge in [0.05, 0.1) is 11.6 Å². The van der Waals surface area contributed by atoms with Crippen LogP contribution in [0, 0.1) is 11.3 Å². The second kappa shape index (κ2) is 10.1. The molecule has 1 saturated heterocycles. The minimum atomic E-state index is -4.03. The zero-order valence-electron chi connectivity index (χ0n) is 19.0. The van der Waals surface area contributed by atoms with E-state index in [0.29, 0.717) is 35.3 Å². The van der Waals surface area contributed by atoms with Gasteiger partial charge in [-0.05, 0) is 54.4 Å². The van der Waals surface area contributed by atoms with E-state index in [1.54, 1.807) is 18.2 Å². The van der Waals surface area contributed by atoms with Crippen molar-refractivity contribution in [1.82, 2.24) is 14.6 Å². The van der Waals surface area contributed by atoms with Crippen LogP contribution in [0.4, 0.5) is 0 Å². The summed E-state index contributed by atoms with van der Waals surface area (Å²) in [4.78, 5) is 3.18. The Morgan fingerprint density at radius 2 is 1.86 bits per heavy atom. The Balaban J connectivity index is 1.52. The third-order valence-corrected chi connectivity index (χ3v) is 8.56. The fourth-order valence-electron chi connectivity index (χ4n) is 4.49. The lowest BCUT2D eigenvalue weighted by atomic mass is 10.0. The second-order valence-electron chi connectivity index (χ2n) is 8.52. The number of nitriles is 1. The number of aromatic nitrogens is 1. The van der Waals surface area contributed by atoms with Crippen molar-refractivity contribution >= 4 is 44.1 Å². The van der Waals surface area contributed by atoms with E-state index in [4.69, 9.17) is 27.9 Å². The number of hydrogen-bond acceptors (Lipinski definition) is 5. The number of hydrogen-bond donors (Lipinski definition) is 2. The van der Waals surface area contributed by atoms with E-state index in [-0.39, 0.29) is 28.8 Å². The number of ether oxygens (including phenoxy) is 1. The van der Waals surface area contributed by atoms with Gasteiger partial charge in [-0.3, -0.25) is 0 Å². The van der Waals surface area contributed by atoms with E-state index < -0.39 is 10.0 Å². The Morgan fingerprint density at radius 1 is 1.08 bits per heavy atom. The predicted molar refractivity (Wildman–Crippen MR) is 140 cm³/mol. The Kier molecular flexibility index (Phi) is 6.93. The highest BCUT2D eigenvalue weighted by Crippen LogP contribution is 2.35. The van der Waals surface area contributed by atoms with Gasteiger partial charge in [-0.1, -0.05) is 41.4 Å². The third-order valence-electron chi connectivity index (χ3n) is 6.15. The summed E-state index contributed by atoms with van der Waals surface area (Å²) in [5.74, 6) is 0.390. The maximum absolute atomic E-state index is 14.1. The third kappa shape index (κ3) is 4.94. The monoisotopic (exact) mass is 540 g/mol. The molecule has 2 heterocycles. The summed E-state index contributed by atoms with van der Waals surface area (Å²) < 4.78 is 35.5. The standard InChI is InChI=1S/C26H22Cl2N4O3S/c27-19-11-20(28)13-22(12-19)35-25-6-5-17(14-29)9-26(25)36(33,34)32-8-7-30-16-21(32)10-18-15-31-24-4-2-1-3-23(18)24/h1-6,9,11-13,15,21,30-31H,7-8,10,16H2/t21-/m0/s1. The van der Waals surface area contributed by atoms with Crippen molar-refractivity contribution in [3.05, 3.63) is 88.0 Å². The summed E-state index contributed by atoms with van der Waals surface area (Å²) in [5.41, 5.74) is 2.26. The SMILES string of the molecule is N#Cc1ccc(Oc2cc(Cl)cc(Cl)c2)c(S(=O)(=O)N2CCNC[C@@H]2Cc2c[nH]c3ccccc23)c1. The van der Waals surface area contributed by atoms with E-state index in [1.165, 1.54) is 22.5 Å². The first kappa shape index (κ1) is 24.6. The van der Waals surface area contributed by atoms with Crippen LogP contribution in [0.3, 0.4) is 0 Å². The molecule has 1 fully saturated rings. The second-order valence-corrected chi connectivity index (χ2v) is 11.2. The highest BCUT2D eigenvalue weighted by Gasteiger charge is 2.36. The molecule has 0 bridgehead atoms. The van der Waals surface area contributed by atoms with Crippen molar-refractivity contribution in [2.45, 2.75) is 17.4 Å². The van der Waals surface area contributed by atoms with E-state index >= 15 is 0 Å². The summed E-state index contributed by atoms with van der Waals surface area (Å²) in [6, 6.07) is 18.6. The number of nitrogens with zero attached hydrogens (tertiary/aromatic N) is 2. The number of fused-ring (bicyclic) bond motifs is 1. The molecule has 1 atom stereocenters. The maximum atomic E-state index is 14.1. The van der Waals surface area contributed by atoms with Gasteiger partial charge in [0.1, 0.15) is 16.4 Å². The molecule has 1 aliphatic heterocycles. The van der Waals surface area contributed by atoms with E-state index in [9.17, 15) is 13.7 Å². The molecule has 0 unspecified atom stereocenters. The van der Waals surface area contributed by atoms with Gasteiger partial charge in [-0.2, -0.15) is 9.57 Å². The first-order valence-corrected chi connectivity index (χ1v) is 13.5. The fraction of sp³-hybridized carbons (Fsp3) is 0.192. The minimum Gasteiger partial charge on any atom is -0.456 e. The van der Waals surface area contributed by atoms with Crippen molar-refractivity contribution in [3.8, 4) is 17.6 Å². The summed E-state index contributed by atoms with van der Waals surface area (Å²) in [6.07, 6.45) is 2.45. The van der Waals surface area contributed by atoms with Crippen molar-refractivity contribution in [2.75, 3.05) is 19.6 Å². The lowest BCUT2D eigenvalue weighted by Gasteiger charge is -2.35. The molecule has 184 valence electrons. The topological polar surface area (TPSA) is 98.2 Å². The lowest BCUT2D eigenvalue weighted by molar-refractivity contribution is 0.265. The van der Waals surface area contributed by atoms with Crippen LogP contribution in [0.5, 0.6) is 11.5 Å². The van der Waals surface area contributed by atoms with Crippen LogP contribution in [0.25, 0.3) is 10.9 Å². The van der Waals surface area contributed by atoms with Gasteiger partial charge in [0, 0.05) is 52.8 Å². The number of sulfonamides is 1. The van der Waals surface area contributed by atoms with Crippen LogP contribution in [0.15, 0.2) is 71.8 Å². The fourth-order valence-corrected chi connectivity index (χ4v) is 6.76. The molecule has 10 heteroatoms. The van der Waals surface area contributed by atoms with E-state index in [0.717, 1.165) is 16.5 Å². The number of rotatable bonds is 6. The Bertz CT molecular complexity index is 1560. The zero-order valence-corrected chi connectivity index (χ0v) is 21.4. The van der Waals surface area contributed by atoms with Gasteiger partial charge in [0.15, 0.2) is 0 Å². The number of benzene rings is 3. The minimum absolute atomic E-state index is 0.0801. The molecule has 0 amide bonds. The Labute approximate surface area is 219 Å². The van der Waals surface area contributed by atoms with Crippen LogP contribution >= 0.6 is 23.2 Å². The van der Waals surface area contributed by atoms with E-state index in [1.807, 2.05) is 36.5 Å². The highest BCUT2D eigenvalue weighted by molar-refractivity contribution is 7.89. The Hall–Kier alpha value is -3.06. The molecule has 0 radical (unpaired) electrons. The number of para-hydroxylation sites is 1. The van der Waals surface area contributed by atoms with Crippen LogP contribution in [-0.2, 0) is 16.4 Å². The molecule has 36 heavy (non-hydrogen) atoms.